The summed E-state index contributed by atoms with van der Waals surface area (Å²) in [6, 6.07) is 54.0. The van der Waals surface area contributed by atoms with Crippen molar-refractivity contribution < 1.29 is 4.42 Å². The van der Waals surface area contributed by atoms with E-state index in [1.54, 1.807) is 0 Å². The minimum Gasteiger partial charge on any atom is -0.455 e. The first-order valence-electron chi connectivity index (χ1n) is 18.1. The number of hydrogen-bond donors (Lipinski definition) is 0. The van der Waals surface area contributed by atoms with Gasteiger partial charge in [-0.2, -0.15) is 0 Å². The van der Waals surface area contributed by atoms with Crippen molar-refractivity contribution in [2.75, 3.05) is 0 Å². The van der Waals surface area contributed by atoms with Crippen molar-refractivity contribution in [3.8, 4) is 67.5 Å². The zero-order valence-electron chi connectivity index (χ0n) is 29.7. The molecular weight excluding hydrogens is 661 g/mol. The second-order valence-corrected chi connectivity index (χ2v) is 14.3. The number of rotatable bonds is 5. The monoisotopic (exact) mass is 692 g/mol. The molecular formula is C49H32N4O. The highest BCUT2D eigenvalue weighted by atomic mass is 16.3. The van der Waals surface area contributed by atoms with Gasteiger partial charge in [-0.15, -0.1) is 0 Å². The van der Waals surface area contributed by atoms with E-state index in [1.807, 2.05) is 78.9 Å². The van der Waals surface area contributed by atoms with Gasteiger partial charge in [0.25, 0.3) is 0 Å². The number of fused-ring (bicyclic) bond motifs is 6. The van der Waals surface area contributed by atoms with Crippen molar-refractivity contribution >= 4 is 27.6 Å². The van der Waals surface area contributed by atoms with Gasteiger partial charge in [0.15, 0.2) is 23.2 Å². The van der Waals surface area contributed by atoms with Crippen LogP contribution in [0.4, 0.5) is 5.69 Å². The Labute approximate surface area is 313 Å². The summed E-state index contributed by atoms with van der Waals surface area (Å²) >= 11 is 0. The van der Waals surface area contributed by atoms with Gasteiger partial charge in [-0.05, 0) is 57.1 Å². The number of furan rings is 1. The van der Waals surface area contributed by atoms with Crippen LogP contribution in [0.3, 0.4) is 0 Å². The average molecular weight is 693 g/mol. The molecule has 54 heavy (non-hydrogen) atoms. The fourth-order valence-electron chi connectivity index (χ4n) is 8.00. The SMILES string of the molecule is [C-]#[N+]c1ccc2c(c1)C(C)(C)c1cc(-c3ccc(-c4ccc(-c5nc(-c6ccccc6)nc(-c6ccccc6)n5)cc4)c4oc5ccccc5c34)ccc1-2. The first-order chi connectivity index (χ1) is 26.5. The lowest BCUT2D eigenvalue weighted by atomic mass is 9.81. The van der Waals surface area contributed by atoms with E-state index in [0.29, 0.717) is 23.2 Å². The Hall–Kier alpha value is -7.16. The maximum Gasteiger partial charge on any atom is 0.187 e. The van der Waals surface area contributed by atoms with Crippen molar-refractivity contribution in [3.63, 3.8) is 0 Å². The molecule has 10 rings (SSSR count). The maximum atomic E-state index is 7.58. The van der Waals surface area contributed by atoms with Crippen molar-refractivity contribution in [3.05, 3.63) is 180 Å². The van der Waals surface area contributed by atoms with Gasteiger partial charge in [0.1, 0.15) is 11.2 Å². The van der Waals surface area contributed by atoms with Gasteiger partial charge in [-0.1, -0.05) is 153 Å². The van der Waals surface area contributed by atoms with Gasteiger partial charge in [-0.3, -0.25) is 0 Å². The van der Waals surface area contributed by atoms with Crippen LogP contribution in [0.1, 0.15) is 25.0 Å². The summed E-state index contributed by atoms with van der Waals surface area (Å²) in [7, 11) is 0. The van der Waals surface area contributed by atoms with Gasteiger partial charge >= 0.3 is 0 Å². The van der Waals surface area contributed by atoms with Crippen LogP contribution in [-0.2, 0) is 5.41 Å². The third-order valence-electron chi connectivity index (χ3n) is 10.8. The average Bonchev–Trinajstić information content (AvgIpc) is 3.73. The van der Waals surface area contributed by atoms with E-state index in [1.165, 1.54) is 22.3 Å². The predicted molar refractivity (Wildman–Crippen MR) is 218 cm³/mol. The molecule has 0 saturated carbocycles. The van der Waals surface area contributed by atoms with Crippen LogP contribution in [0, 0.1) is 6.57 Å². The molecule has 0 saturated heterocycles. The van der Waals surface area contributed by atoms with E-state index in [-0.39, 0.29) is 5.41 Å². The van der Waals surface area contributed by atoms with Gasteiger partial charge in [0.05, 0.1) is 6.57 Å². The highest BCUT2D eigenvalue weighted by molar-refractivity contribution is 6.16. The summed E-state index contributed by atoms with van der Waals surface area (Å²) < 4.78 is 6.69. The molecule has 2 aromatic heterocycles. The minimum absolute atomic E-state index is 0.233. The molecule has 9 aromatic rings. The number of nitrogens with zero attached hydrogens (tertiary/aromatic N) is 4. The number of aromatic nitrogens is 3. The number of hydrogen-bond acceptors (Lipinski definition) is 4. The van der Waals surface area contributed by atoms with Gasteiger partial charge in [0.2, 0.25) is 0 Å². The molecule has 0 radical (unpaired) electrons. The highest BCUT2D eigenvalue weighted by Gasteiger charge is 2.36. The fourth-order valence-corrected chi connectivity index (χ4v) is 8.00. The second-order valence-electron chi connectivity index (χ2n) is 14.3. The molecule has 254 valence electrons. The van der Waals surface area contributed by atoms with Crippen LogP contribution in [-0.4, -0.2) is 15.0 Å². The van der Waals surface area contributed by atoms with Crippen LogP contribution < -0.4 is 0 Å². The maximum absolute atomic E-state index is 7.58. The summed E-state index contributed by atoms with van der Waals surface area (Å²) in [5, 5.41) is 2.17. The lowest BCUT2D eigenvalue weighted by Gasteiger charge is -2.22. The van der Waals surface area contributed by atoms with Crippen molar-refractivity contribution in [1.29, 1.82) is 0 Å². The standard InChI is InChI=1S/C49H32N4O/c1-49(2)41-28-34(22-24-38(41)39-25-23-35(50-3)29-42(39)49)36-26-27-37(45-44(36)40-16-10-11-17-43(40)54-45)30-18-20-33(21-19-30)48-52-46(31-12-6-4-7-13-31)51-47(53-48)32-14-8-5-9-15-32/h4-29H,1-2H3. The van der Waals surface area contributed by atoms with Crippen LogP contribution >= 0.6 is 0 Å². The van der Waals surface area contributed by atoms with E-state index >= 15 is 0 Å². The molecule has 1 aliphatic carbocycles. The molecule has 0 amide bonds. The molecule has 0 fully saturated rings. The van der Waals surface area contributed by atoms with Gasteiger partial charge < -0.3 is 4.42 Å². The van der Waals surface area contributed by atoms with E-state index in [0.717, 1.165) is 60.9 Å². The van der Waals surface area contributed by atoms with Gasteiger partial charge in [0, 0.05) is 38.4 Å². The zero-order valence-corrected chi connectivity index (χ0v) is 29.7. The molecule has 0 bridgehead atoms. The first-order valence-corrected chi connectivity index (χ1v) is 18.1. The molecule has 0 aliphatic heterocycles. The number of para-hydroxylation sites is 1. The normalized spacial score (nSPS) is 12.8. The van der Waals surface area contributed by atoms with Crippen LogP contribution in [0.25, 0.3) is 94.3 Å². The summed E-state index contributed by atoms with van der Waals surface area (Å²) in [5.74, 6) is 1.88. The Morgan fingerprint density at radius 3 is 1.63 bits per heavy atom. The van der Waals surface area contributed by atoms with Crippen molar-refractivity contribution in [1.82, 2.24) is 15.0 Å². The molecule has 0 unspecified atom stereocenters. The predicted octanol–water partition coefficient (Wildman–Crippen LogP) is 13.0. The second kappa shape index (κ2) is 12.2. The summed E-state index contributed by atoms with van der Waals surface area (Å²) in [5.41, 5.74) is 14.1. The summed E-state index contributed by atoms with van der Waals surface area (Å²) in [6.45, 7) is 12.1. The molecule has 5 heteroatoms. The molecule has 5 nitrogen and oxygen atoms in total. The zero-order chi connectivity index (χ0) is 36.4. The first kappa shape index (κ1) is 31.6. The van der Waals surface area contributed by atoms with Crippen LogP contribution in [0.2, 0.25) is 0 Å². The third-order valence-corrected chi connectivity index (χ3v) is 10.8. The van der Waals surface area contributed by atoms with E-state index in [9.17, 15) is 0 Å². The minimum atomic E-state index is -0.233. The highest BCUT2D eigenvalue weighted by Crippen LogP contribution is 2.51. The van der Waals surface area contributed by atoms with Crippen LogP contribution in [0.5, 0.6) is 0 Å². The number of benzene rings is 7. The van der Waals surface area contributed by atoms with Gasteiger partial charge in [-0.25, -0.2) is 19.8 Å². The lowest BCUT2D eigenvalue weighted by Crippen LogP contribution is -2.14. The van der Waals surface area contributed by atoms with E-state index in [4.69, 9.17) is 25.9 Å². The van der Waals surface area contributed by atoms with Crippen LogP contribution in [0.15, 0.2) is 162 Å². The molecule has 1 aliphatic rings. The van der Waals surface area contributed by atoms with E-state index < -0.39 is 0 Å². The molecule has 7 aromatic carbocycles. The quantitative estimate of drug-likeness (QED) is 0.169. The molecule has 0 N–H and O–H groups in total. The lowest BCUT2D eigenvalue weighted by molar-refractivity contribution is 0.661. The Bertz CT molecular complexity index is 2900. The summed E-state index contributed by atoms with van der Waals surface area (Å²) in [4.78, 5) is 18.4. The fraction of sp³-hybridized carbons (Fsp3) is 0.0612. The Morgan fingerprint density at radius 2 is 0.981 bits per heavy atom. The van der Waals surface area contributed by atoms with Crippen molar-refractivity contribution in [2.24, 2.45) is 0 Å². The summed E-state index contributed by atoms with van der Waals surface area (Å²) in [6.07, 6.45) is 0. The Balaban J connectivity index is 1.08. The smallest absolute Gasteiger partial charge is 0.187 e. The Morgan fingerprint density at radius 1 is 0.481 bits per heavy atom. The Kier molecular flexibility index (Phi) is 7.14. The third kappa shape index (κ3) is 5.03. The molecule has 2 heterocycles. The van der Waals surface area contributed by atoms with E-state index in [2.05, 4.69) is 97.6 Å². The topological polar surface area (TPSA) is 56.2 Å². The molecule has 0 atom stereocenters. The van der Waals surface area contributed by atoms with Crippen molar-refractivity contribution in [2.45, 2.75) is 19.3 Å². The molecule has 0 spiro atoms. The largest absolute Gasteiger partial charge is 0.455 e.